The van der Waals surface area contributed by atoms with Gasteiger partial charge in [-0.25, -0.2) is 4.99 Å². The lowest BCUT2D eigenvalue weighted by atomic mass is 9.88. The Kier molecular flexibility index (Phi) is 6.51. The van der Waals surface area contributed by atoms with Crippen LogP contribution in [0.25, 0.3) is 0 Å². The highest BCUT2D eigenvalue weighted by Gasteiger charge is 2.43. The molecule has 0 unspecified atom stereocenters. The average molecular weight is 374 g/mol. The fourth-order valence-electron chi connectivity index (χ4n) is 2.96. The van der Waals surface area contributed by atoms with Crippen molar-refractivity contribution in [3.8, 4) is 0 Å². The van der Waals surface area contributed by atoms with E-state index in [1.54, 1.807) is 0 Å². The van der Waals surface area contributed by atoms with Crippen LogP contribution in [-0.2, 0) is 9.16 Å². The summed E-state index contributed by atoms with van der Waals surface area (Å²) in [5.41, 5.74) is 1.04. The summed E-state index contributed by atoms with van der Waals surface area (Å²) in [4.78, 5) is 4.88. The number of aliphatic imine (C=N–C) groups is 1. The Bertz CT molecular complexity index is 633. The molecule has 4 atom stereocenters. The van der Waals surface area contributed by atoms with Crippen LogP contribution < -0.4 is 0 Å². The molecule has 3 nitrogen and oxygen atoms in total. The van der Waals surface area contributed by atoms with Gasteiger partial charge in [0, 0.05) is 11.5 Å². The normalized spacial score (nSPS) is 21.5. The fraction of sp³-hybridized carbons (Fsp3) is 0.591. The van der Waals surface area contributed by atoms with Crippen molar-refractivity contribution in [1.82, 2.24) is 0 Å². The Morgan fingerprint density at radius 1 is 1.23 bits per heavy atom. The van der Waals surface area contributed by atoms with Crippen LogP contribution in [0.4, 0.5) is 0 Å². The van der Waals surface area contributed by atoms with Crippen LogP contribution in [0.1, 0.15) is 40.2 Å². The summed E-state index contributed by atoms with van der Waals surface area (Å²) in [6.07, 6.45) is 2.10. The largest absolute Gasteiger partial charge is 0.475 e. The molecule has 0 aliphatic carbocycles. The van der Waals surface area contributed by atoms with E-state index in [0.717, 1.165) is 11.5 Å². The molecular weight excluding hydrogens is 338 g/mol. The minimum absolute atomic E-state index is 0.0980. The molecule has 0 fully saturated rings. The number of hydrogen-bond acceptors (Lipinski definition) is 3. The van der Waals surface area contributed by atoms with Crippen LogP contribution in [0.2, 0.25) is 18.1 Å². The highest BCUT2D eigenvalue weighted by atomic mass is 28.4. The Balaban J connectivity index is 2.21. The first-order valence-electron chi connectivity index (χ1n) is 9.63. The molecule has 0 aromatic heterocycles. The summed E-state index contributed by atoms with van der Waals surface area (Å²) >= 11 is 0. The Hall–Kier alpha value is -1.39. The first-order chi connectivity index (χ1) is 12.1. The molecule has 1 heterocycles. The van der Waals surface area contributed by atoms with Gasteiger partial charge < -0.3 is 9.16 Å². The molecule has 144 valence electrons. The van der Waals surface area contributed by atoms with Crippen molar-refractivity contribution >= 4 is 14.2 Å². The van der Waals surface area contributed by atoms with E-state index in [1.165, 1.54) is 0 Å². The van der Waals surface area contributed by atoms with Crippen LogP contribution in [0, 0.1) is 11.8 Å². The van der Waals surface area contributed by atoms with Gasteiger partial charge >= 0.3 is 0 Å². The van der Waals surface area contributed by atoms with Crippen LogP contribution in [0.5, 0.6) is 0 Å². The standard InChI is InChI=1S/C22H35NO2Si/c1-9-16(2)20(25-26(7,8)22(4,5)6)17(3)19-15-24-21(23-19)18-13-11-10-12-14-18/h9-14,16-17,19-20H,1,15H2,2-8H3/t16-,17-,19+,20+/m0/s1. The lowest BCUT2D eigenvalue weighted by Crippen LogP contribution is -2.48. The van der Waals surface area contributed by atoms with Gasteiger partial charge in [-0.15, -0.1) is 6.58 Å². The summed E-state index contributed by atoms with van der Waals surface area (Å²) in [6, 6.07) is 10.2. The molecule has 1 aromatic rings. The van der Waals surface area contributed by atoms with Crippen molar-refractivity contribution in [3.63, 3.8) is 0 Å². The maximum Gasteiger partial charge on any atom is 0.216 e. The van der Waals surface area contributed by atoms with Gasteiger partial charge in [-0.1, -0.05) is 58.9 Å². The van der Waals surface area contributed by atoms with E-state index >= 15 is 0 Å². The quantitative estimate of drug-likeness (QED) is 0.455. The minimum Gasteiger partial charge on any atom is -0.475 e. The summed E-state index contributed by atoms with van der Waals surface area (Å²) in [6.45, 7) is 20.5. The third kappa shape index (κ3) is 4.66. The van der Waals surface area contributed by atoms with Gasteiger partial charge in [0.2, 0.25) is 5.90 Å². The minimum atomic E-state index is -1.88. The molecule has 0 amide bonds. The van der Waals surface area contributed by atoms with Crippen LogP contribution in [-0.4, -0.2) is 33.0 Å². The zero-order valence-electron chi connectivity index (χ0n) is 17.5. The maximum absolute atomic E-state index is 6.81. The van der Waals surface area contributed by atoms with Gasteiger partial charge in [0.25, 0.3) is 0 Å². The molecule has 4 heteroatoms. The van der Waals surface area contributed by atoms with Crippen molar-refractivity contribution < 1.29 is 9.16 Å². The van der Waals surface area contributed by atoms with Gasteiger partial charge in [0.1, 0.15) is 6.61 Å². The summed E-state index contributed by atoms with van der Waals surface area (Å²) in [7, 11) is -1.88. The SMILES string of the molecule is C=C[C@H](C)[C@@H](O[Si](C)(C)C(C)(C)C)[C@@H](C)[C@H]1COC(c2ccccc2)=N1. The molecule has 26 heavy (non-hydrogen) atoms. The molecule has 0 N–H and O–H groups in total. The zero-order chi connectivity index (χ0) is 19.5. The molecule has 1 aliphatic rings. The van der Waals surface area contributed by atoms with Crippen molar-refractivity contribution in [2.75, 3.05) is 6.61 Å². The smallest absolute Gasteiger partial charge is 0.216 e. The molecule has 2 rings (SSSR count). The topological polar surface area (TPSA) is 30.8 Å². The van der Waals surface area contributed by atoms with E-state index in [1.807, 2.05) is 36.4 Å². The van der Waals surface area contributed by atoms with Crippen LogP contribution in [0.15, 0.2) is 48.0 Å². The summed E-state index contributed by atoms with van der Waals surface area (Å²) in [5, 5.41) is 0.177. The van der Waals surface area contributed by atoms with Gasteiger partial charge in [-0.3, -0.25) is 0 Å². The molecule has 0 radical (unpaired) electrons. The van der Waals surface area contributed by atoms with E-state index < -0.39 is 8.32 Å². The first kappa shape index (κ1) is 20.9. The van der Waals surface area contributed by atoms with Crippen LogP contribution >= 0.6 is 0 Å². The second-order valence-electron chi connectivity index (χ2n) is 8.98. The molecule has 0 saturated heterocycles. The first-order valence-corrected chi connectivity index (χ1v) is 12.5. The number of rotatable bonds is 7. The molecule has 0 saturated carbocycles. The molecular formula is C22H35NO2Si. The van der Waals surface area contributed by atoms with E-state index in [9.17, 15) is 0 Å². The molecule has 0 bridgehead atoms. The van der Waals surface area contributed by atoms with Gasteiger partial charge in [0.05, 0.1) is 12.1 Å². The number of nitrogens with zero attached hydrogens (tertiary/aromatic N) is 1. The van der Waals surface area contributed by atoms with Gasteiger partial charge in [-0.05, 0) is 36.2 Å². The fourth-order valence-corrected chi connectivity index (χ4v) is 4.42. The Morgan fingerprint density at radius 2 is 1.85 bits per heavy atom. The zero-order valence-corrected chi connectivity index (χ0v) is 18.5. The Labute approximate surface area is 160 Å². The third-order valence-electron chi connectivity index (χ3n) is 5.95. The van der Waals surface area contributed by atoms with Gasteiger partial charge in [-0.2, -0.15) is 0 Å². The van der Waals surface area contributed by atoms with E-state index in [-0.39, 0.29) is 29.0 Å². The predicted octanol–water partition coefficient (Wildman–Crippen LogP) is 5.68. The summed E-state index contributed by atoms with van der Waals surface area (Å²) < 4.78 is 12.7. The van der Waals surface area contributed by atoms with E-state index in [2.05, 4.69) is 54.3 Å². The number of benzene rings is 1. The molecule has 0 spiro atoms. The lowest BCUT2D eigenvalue weighted by Gasteiger charge is -2.43. The van der Waals surface area contributed by atoms with E-state index in [4.69, 9.17) is 14.2 Å². The number of ether oxygens (including phenoxy) is 1. The maximum atomic E-state index is 6.81. The van der Waals surface area contributed by atoms with Crippen molar-refractivity contribution in [1.29, 1.82) is 0 Å². The highest BCUT2D eigenvalue weighted by Crippen LogP contribution is 2.40. The molecule has 1 aliphatic heterocycles. The monoisotopic (exact) mass is 373 g/mol. The Morgan fingerprint density at radius 3 is 2.38 bits per heavy atom. The van der Waals surface area contributed by atoms with Crippen molar-refractivity contribution in [3.05, 3.63) is 48.6 Å². The lowest BCUT2D eigenvalue weighted by molar-refractivity contribution is 0.0752. The van der Waals surface area contributed by atoms with Crippen molar-refractivity contribution in [2.24, 2.45) is 16.8 Å². The number of hydrogen-bond donors (Lipinski definition) is 0. The van der Waals surface area contributed by atoms with Gasteiger partial charge in [0.15, 0.2) is 8.32 Å². The molecule has 1 aromatic carbocycles. The van der Waals surface area contributed by atoms with E-state index in [0.29, 0.717) is 6.61 Å². The van der Waals surface area contributed by atoms with Crippen LogP contribution in [0.3, 0.4) is 0 Å². The third-order valence-corrected chi connectivity index (χ3v) is 10.4. The highest BCUT2D eigenvalue weighted by molar-refractivity contribution is 6.74. The predicted molar refractivity (Wildman–Crippen MR) is 113 cm³/mol. The second-order valence-corrected chi connectivity index (χ2v) is 13.7. The second kappa shape index (κ2) is 8.09. The average Bonchev–Trinajstić information content (AvgIpc) is 3.08. The summed E-state index contributed by atoms with van der Waals surface area (Å²) in [5.74, 6) is 1.29. The van der Waals surface area contributed by atoms with Crippen molar-refractivity contribution in [2.45, 2.75) is 64.9 Å².